The predicted octanol–water partition coefficient (Wildman–Crippen LogP) is 3.99. The van der Waals surface area contributed by atoms with Gasteiger partial charge in [-0.1, -0.05) is 30.4 Å². The largest absolute Gasteiger partial charge is 0.497 e. The standard InChI is InChI=1S/C22H24N2O3S/c1-3-13-23-28(25,26)17-11-12-21-20(14-17)18-5-4-6-19(18)22(24-21)15-7-9-16(27-2)10-8-15/h3-5,7-12,14,18-19,22-24H,1,6,13H2,2H3. The van der Waals surface area contributed by atoms with Crippen molar-refractivity contribution in [2.75, 3.05) is 19.0 Å². The maximum atomic E-state index is 12.5. The van der Waals surface area contributed by atoms with Crippen molar-refractivity contribution in [2.45, 2.75) is 23.3 Å². The highest BCUT2D eigenvalue weighted by Gasteiger charge is 2.38. The van der Waals surface area contributed by atoms with Gasteiger partial charge in [0.05, 0.1) is 18.0 Å². The molecule has 3 unspecified atom stereocenters. The monoisotopic (exact) mass is 396 g/mol. The zero-order chi connectivity index (χ0) is 19.7. The Balaban J connectivity index is 1.69. The molecule has 6 heteroatoms. The van der Waals surface area contributed by atoms with Crippen LogP contribution in [0.1, 0.15) is 29.5 Å². The number of allylic oxidation sites excluding steroid dienone is 2. The second-order valence-electron chi connectivity index (χ2n) is 7.14. The van der Waals surface area contributed by atoms with Crippen LogP contribution in [0.3, 0.4) is 0 Å². The molecule has 0 fully saturated rings. The van der Waals surface area contributed by atoms with Crippen LogP contribution in [-0.4, -0.2) is 22.1 Å². The number of anilines is 1. The van der Waals surface area contributed by atoms with E-state index in [1.165, 1.54) is 11.6 Å². The van der Waals surface area contributed by atoms with Gasteiger partial charge in [-0.25, -0.2) is 13.1 Å². The van der Waals surface area contributed by atoms with Gasteiger partial charge in [0.2, 0.25) is 10.0 Å². The molecule has 0 saturated heterocycles. The van der Waals surface area contributed by atoms with Crippen molar-refractivity contribution in [3.8, 4) is 5.75 Å². The van der Waals surface area contributed by atoms with Crippen LogP contribution >= 0.6 is 0 Å². The number of methoxy groups -OCH3 is 1. The third-order valence-corrected chi connectivity index (χ3v) is 6.96. The normalized spacial score (nSPS) is 22.8. The lowest BCUT2D eigenvalue weighted by atomic mass is 9.77. The van der Waals surface area contributed by atoms with Crippen molar-refractivity contribution in [1.29, 1.82) is 0 Å². The topological polar surface area (TPSA) is 67.4 Å². The fourth-order valence-corrected chi connectivity index (χ4v) is 5.17. The van der Waals surface area contributed by atoms with E-state index in [2.05, 4.69) is 40.9 Å². The average Bonchev–Trinajstić information content (AvgIpc) is 3.21. The first-order valence-electron chi connectivity index (χ1n) is 9.35. The Morgan fingerprint density at radius 3 is 2.75 bits per heavy atom. The first-order valence-corrected chi connectivity index (χ1v) is 10.8. The van der Waals surface area contributed by atoms with E-state index in [9.17, 15) is 8.42 Å². The highest BCUT2D eigenvalue weighted by Crippen LogP contribution is 2.50. The predicted molar refractivity (Wildman–Crippen MR) is 111 cm³/mol. The molecule has 2 aromatic carbocycles. The lowest BCUT2D eigenvalue weighted by Crippen LogP contribution is -2.30. The molecular formula is C22H24N2O3S. The molecule has 0 bridgehead atoms. The molecule has 146 valence electrons. The fraction of sp³-hybridized carbons (Fsp3) is 0.273. The van der Waals surface area contributed by atoms with Crippen LogP contribution in [0, 0.1) is 5.92 Å². The van der Waals surface area contributed by atoms with Gasteiger partial charge in [-0.3, -0.25) is 0 Å². The molecule has 2 aliphatic rings. The van der Waals surface area contributed by atoms with Crippen LogP contribution in [-0.2, 0) is 10.0 Å². The van der Waals surface area contributed by atoms with Gasteiger partial charge >= 0.3 is 0 Å². The Kier molecular flexibility index (Phi) is 5.00. The number of hydrogen-bond acceptors (Lipinski definition) is 4. The minimum atomic E-state index is -3.55. The number of ether oxygens (including phenoxy) is 1. The van der Waals surface area contributed by atoms with E-state index in [4.69, 9.17) is 4.74 Å². The first kappa shape index (κ1) is 18.8. The summed E-state index contributed by atoms with van der Waals surface area (Å²) in [7, 11) is -1.88. The Labute approximate surface area is 166 Å². The molecule has 0 radical (unpaired) electrons. The lowest BCUT2D eigenvalue weighted by Gasteiger charge is -2.37. The van der Waals surface area contributed by atoms with E-state index >= 15 is 0 Å². The smallest absolute Gasteiger partial charge is 0.240 e. The summed E-state index contributed by atoms with van der Waals surface area (Å²) in [6, 6.07) is 13.6. The van der Waals surface area contributed by atoms with Gasteiger partial charge < -0.3 is 10.1 Å². The summed E-state index contributed by atoms with van der Waals surface area (Å²) in [6.07, 6.45) is 6.89. The van der Waals surface area contributed by atoms with E-state index in [0.717, 1.165) is 23.4 Å². The molecule has 0 saturated carbocycles. The van der Waals surface area contributed by atoms with Gasteiger partial charge in [-0.05, 0) is 53.8 Å². The Bertz CT molecular complexity index is 1010. The van der Waals surface area contributed by atoms with Crippen LogP contribution in [0.25, 0.3) is 0 Å². The number of benzene rings is 2. The lowest BCUT2D eigenvalue weighted by molar-refractivity contribution is 0.411. The van der Waals surface area contributed by atoms with Crippen molar-refractivity contribution < 1.29 is 13.2 Å². The molecule has 2 aromatic rings. The summed E-state index contributed by atoms with van der Waals surface area (Å²) in [4.78, 5) is 0.289. The van der Waals surface area contributed by atoms with Gasteiger partial charge in [-0.15, -0.1) is 6.58 Å². The second kappa shape index (κ2) is 7.45. The third-order valence-electron chi connectivity index (χ3n) is 5.54. The van der Waals surface area contributed by atoms with E-state index in [0.29, 0.717) is 5.92 Å². The van der Waals surface area contributed by atoms with Gasteiger partial charge in [0.25, 0.3) is 0 Å². The van der Waals surface area contributed by atoms with Crippen molar-refractivity contribution in [2.24, 2.45) is 5.92 Å². The summed E-state index contributed by atoms with van der Waals surface area (Å²) in [6.45, 7) is 3.78. The Hall–Kier alpha value is -2.57. The van der Waals surface area contributed by atoms with Gasteiger partial charge in [0.15, 0.2) is 0 Å². The van der Waals surface area contributed by atoms with Gasteiger partial charge in [0, 0.05) is 18.2 Å². The average molecular weight is 397 g/mol. The Morgan fingerprint density at radius 1 is 1.25 bits per heavy atom. The quantitative estimate of drug-likeness (QED) is 0.725. The Morgan fingerprint density at radius 2 is 2.04 bits per heavy atom. The molecule has 1 aliphatic carbocycles. The number of fused-ring (bicyclic) bond motifs is 3. The minimum Gasteiger partial charge on any atom is -0.497 e. The van der Waals surface area contributed by atoms with E-state index in [1.807, 2.05) is 18.2 Å². The van der Waals surface area contributed by atoms with E-state index in [-0.39, 0.29) is 23.4 Å². The highest BCUT2D eigenvalue weighted by molar-refractivity contribution is 7.89. The highest BCUT2D eigenvalue weighted by atomic mass is 32.2. The van der Waals surface area contributed by atoms with Crippen molar-refractivity contribution in [3.05, 3.63) is 78.4 Å². The molecule has 1 heterocycles. The number of rotatable bonds is 6. The summed E-state index contributed by atoms with van der Waals surface area (Å²) in [5, 5.41) is 3.63. The van der Waals surface area contributed by atoms with Crippen molar-refractivity contribution in [1.82, 2.24) is 4.72 Å². The molecule has 0 amide bonds. The first-order chi connectivity index (χ1) is 13.5. The molecule has 4 rings (SSSR count). The molecule has 3 atom stereocenters. The SMILES string of the molecule is C=CCNS(=O)(=O)c1ccc2c(c1)C1C=CCC1C(c1ccc(OC)cc1)N2. The summed E-state index contributed by atoms with van der Waals surface area (Å²) >= 11 is 0. The third kappa shape index (κ3) is 3.34. The molecule has 28 heavy (non-hydrogen) atoms. The van der Waals surface area contributed by atoms with Crippen LogP contribution in [0.15, 0.2) is 72.2 Å². The number of sulfonamides is 1. The molecule has 5 nitrogen and oxygen atoms in total. The van der Waals surface area contributed by atoms with Crippen LogP contribution < -0.4 is 14.8 Å². The molecular weight excluding hydrogens is 372 g/mol. The molecule has 0 spiro atoms. The second-order valence-corrected chi connectivity index (χ2v) is 8.91. The molecule has 1 aliphatic heterocycles. The van der Waals surface area contributed by atoms with Crippen LogP contribution in [0.2, 0.25) is 0 Å². The van der Waals surface area contributed by atoms with Crippen molar-refractivity contribution in [3.63, 3.8) is 0 Å². The van der Waals surface area contributed by atoms with Crippen LogP contribution in [0.5, 0.6) is 5.75 Å². The van der Waals surface area contributed by atoms with Crippen molar-refractivity contribution >= 4 is 15.7 Å². The van der Waals surface area contributed by atoms with Gasteiger partial charge in [0.1, 0.15) is 5.75 Å². The zero-order valence-electron chi connectivity index (χ0n) is 15.8. The zero-order valence-corrected chi connectivity index (χ0v) is 16.6. The number of nitrogens with one attached hydrogen (secondary N) is 2. The molecule has 2 N–H and O–H groups in total. The maximum absolute atomic E-state index is 12.5. The fourth-order valence-electron chi connectivity index (χ4n) is 4.13. The van der Waals surface area contributed by atoms with Gasteiger partial charge in [-0.2, -0.15) is 0 Å². The number of hydrogen-bond donors (Lipinski definition) is 2. The summed E-state index contributed by atoms with van der Waals surface area (Å²) in [5.41, 5.74) is 3.22. The van der Waals surface area contributed by atoms with E-state index < -0.39 is 10.0 Å². The minimum absolute atomic E-state index is 0.166. The van der Waals surface area contributed by atoms with E-state index in [1.54, 1.807) is 19.2 Å². The maximum Gasteiger partial charge on any atom is 0.240 e. The summed E-state index contributed by atoms with van der Waals surface area (Å²) in [5.74, 6) is 1.38. The molecule has 0 aromatic heterocycles. The van der Waals surface area contributed by atoms with Crippen LogP contribution in [0.4, 0.5) is 5.69 Å². The summed E-state index contributed by atoms with van der Waals surface area (Å²) < 4.78 is 32.8.